The molecule has 0 aliphatic heterocycles. The van der Waals surface area contributed by atoms with Crippen LogP contribution in [-0.2, 0) is 5.75 Å². The number of hydrogen-bond acceptors (Lipinski definition) is 6. The number of ether oxygens (including phenoxy) is 1. The molecule has 114 valence electrons. The Morgan fingerprint density at radius 3 is 2.73 bits per heavy atom. The van der Waals surface area contributed by atoms with E-state index < -0.39 is 0 Å². The Labute approximate surface area is 135 Å². The van der Waals surface area contributed by atoms with E-state index >= 15 is 0 Å². The Morgan fingerprint density at radius 1 is 1.32 bits per heavy atom. The van der Waals surface area contributed by atoms with Crippen LogP contribution in [0.5, 0.6) is 5.75 Å². The van der Waals surface area contributed by atoms with Gasteiger partial charge in [0.1, 0.15) is 10.8 Å². The highest BCUT2D eigenvalue weighted by Gasteiger charge is 2.08. The first-order chi connectivity index (χ1) is 10.7. The van der Waals surface area contributed by atoms with Crippen LogP contribution in [0.4, 0.5) is 0 Å². The summed E-state index contributed by atoms with van der Waals surface area (Å²) >= 11 is 3.11. The lowest BCUT2D eigenvalue weighted by Gasteiger charge is -2.03. The van der Waals surface area contributed by atoms with Gasteiger partial charge in [0.05, 0.1) is 12.8 Å². The van der Waals surface area contributed by atoms with E-state index in [0.29, 0.717) is 5.75 Å². The molecule has 3 aromatic rings. The zero-order valence-corrected chi connectivity index (χ0v) is 13.7. The van der Waals surface area contributed by atoms with Crippen molar-refractivity contribution in [3.05, 3.63) is 51.4 Å². The molecule has 0 saturated carbocycles. The summed E-state index contributed by atoms with van der Waals surface area (Å²) in [5, 5.41) is 12.1. The average Bonchev–Trinajstić information content (AvgIpc) is 3.11. The van der Waals surface area contributed by atoms with Gasteiger partial charge in [-0.15, -0.1) is 10.2 Å². The van der Waals surface area contributed by atoms with E-state index in [1.807, 2.05) is 31.2 Å². The van der Waals surface area contributed by atoms with Crippen LogP contribution in [0.3, 0.4) is 0 Å². The predicted molar refractivity (Wildman–Crippen MR) is 87.1 cm³/mol. The van der Waals surface area contributed by atoms with Gasteiger partial charge >= 0.3 is 0 Å². The molecule has 22 heavy (non-hydrogen) atoms. The van der Waals surface area contributed by atoms with E-state index in [2.05, 4.69) is 15.3 Å². The summed E-state index contributed by atoms with van der Waals surface area (Å²) in [4.78, 5) is 12.1. The van der Waals surface area contributed by atoms with Crippen molar-refractivity contribution in [3.63, 3.8) is 0 Å². The number of aromatic nitrogens is 4. The minimum atomic E-state index is -0.0887. The second-order valence-corrected chi connectivity index (χ2v) is 6.93. The summed E-state index contributed by atoms with van der Waals surface area (Å²) in [6.45, 7) is 1.92. The number of benzene rings is 1. The van der Waals surface area contributed by atoms with Gasteiger partial charge in [-0.3, -0.25) is 9.89 Å². The zero-order valence-electron chi connectivity index (χ0n) is 12.1. The van der Waals surface area contributed by atoms with Gasteiger partial charge in [-0.05, 0) is 31.2 Å². The molecule has 0 aliphatic carbocycles. The number of hydrogen-bond donors (Lipinski definition) is 1. The lowest BCUT2D eigenvalue weighted by atomic mass is 10.3. The van der Waals surface area contributed by atoms with Crippen molar-refractivity contribution in [2.75, 3.05) is 7.11 Å². The Kier molecular flexibility index (Phi) is 4.30. The fraction of sp³-hybridized carbons (Fsp3) is 0.214. The molecule has 0 fully saturated rings. The van der Waals surface area contributed by atoms with Gasteiger partial charge in [-0.1, -0.05) is 23.1 Å². The maximum atomic E-state index is 12.1. The zero-order chi connectivity index (χ0) is 15.5. The fourth-order valence-corrected chi connectivity index (χ4v) is 3.63. The van der Waals surface area contributed by atoms with Crippen LogP contribution in [0, 0.1) is 6.92 Å². The third kappa shape index (κ3) is 3.23. The standard InChI is InChI=1S/C14H14N4O2S2/c1-9-15-16-14(22-9)21-8-10-7-13(19)18(17-10)11-3-5-12(20-2)6-4-11/h3-7,17H,8H2,1-2H3. The van der Waals surface area contributed by atoms with Crippen molar-refractivity contribution in [1.82, 2.24) is 20.0 Å². The summed E-state index contributed by atoms with van der Waals surface area (Å²) in [6, 6.07) is 8.91. The molecule has 0 aliphatic rings. The highest BCUT2D eigenvalue weighted by molar-refractivity contribution is 8.00. The van der Waals surface area contributed by atoms with Gasteiger partial charge in [0.2, 0.25) is 0 Å². The highest BCUT2D eigenvalue weighted by Crippen LogP contribution is 2.24. The van der Waals surface area contributed by atoms with Crippen molar-refractivity contribution < 1.29 is 4.74 Å². The molecule has 1 aromatic carbocycles. The number of nitrogens with one attached hydrogen (secondary N) is 1. The van der Waals surface area contributed by atoms with E-state index in [-0.39, 0.29) is 5.56 Å². The monoisotopic (exact) mass is 334 g/mol. The highest BCUT2D eigenvalue weighted by atomic mass is 32.2. The number of H-pyrrole nitrogens is 1. The lowest BCUT2D eigenvalue weighted by Crippen LogP contribution is -2.13. The van der Waals surface area contributed by atoms with E-state index in [9.17, 15) is 4.79 Å². The van der Waals surface area contributed by atoms with E-state index in [1.54, 1.807) is 36.3 Å². The topological polar surface area (TPSA) is 72.8 Å². The van der Waals surface area contributed by atoms with Crippen LogP contribution in [0.25, 0.3) is 5.69 Å². The van der Waals surface area contributed by atoms with Gasteiger partial charge in [-0.2, -0.15) is 0 Å². The molecule has 2 aromatic heterocycles. The van der Waals surface area contributed by atoms with Crippen LogP contribution in [0.2, 0.25) is 0 Å². The van der Waals surface area contributed by atoms with Crippen molar-refractivity contribution >= 4 is 23.1 Å². The molecule has 8 heteroatoms. The number of thioether (sulfide) groups is 1. The fourth-order valence-electron chi connectivity index (χ4n) is 1.92. The van der Waals surface area contributed by atoms with Crippen LogP contribution in [0.1, 0.15) is 10.7 Å². The van der Waals surface area contributed by atoms with Crippen LogP contribution in [0.15, 0.2) is 39.5 Å². The first-order valence-electron chi connectivity index (χ1n) is 6.54. The Hall–Kier alpha value is -2.06. The molecule has 1 N–H and O–H groups in total. The van der Waals surface area contributed by atoms with Crippen molar-refractivity contribution in [1.29, 1.82) is 0 Å². The quantitative estimate of drug-likeness (QED) is 0.726. The molecular weight excluding hydrogens is 320 g/mol. The lowest BCUT2D eigenvalue weighted by molar-refractivity contribution is 0.414. The summed E-state index contributed by atoms with van der Waals surface area (Å²) in [6.07, 6.45) is 0. The second kappa shape index (κ2) is 6.37. The minimum Gasteiger partial charge on any atom is -0.497 e. The molecule has 0 amide bonds. The molecule has 0 atom stereocenters. The smallest absolute Gasteiger partial charge is 0.271 e. The van der Waals surface area contributed by atoms with Gasteiger partial charge in [0.15, 0.2) is 4.34 Å². The average molecular weight is 334 g/mol. The van der Waals surface area contributed by atoms with E-state index in [0.717, 1.165) is 26.5 Å². The molecule has 0 radical (unpaired) electrons. The van der Waals surface area contributed by atoms with Gasteiger partial charge in [-0.25, -0.2) is 4.68 Å². The van der Waals surface area contributed by atoms with Crippen molar-refractivity contribution in [2.24, 2.45) is 0 Å². The minimum absolute atomic E-state index is 0.0887. The Balaban J connectivity index is 1.76. The van der Waals surface area contributed by atoms with Crippen LogP contribution < -0.4 is 10.3 Å². The number of aromatic amines is 1. The molecule has 0 bridgehead atoms. The molecule has 0 unspecified atom stereocenters. The van der Waals surface area contributed by atoms with Gasteiger partial charge in [0.25, 0.3) is 5.56 Å². The molecule has 3 rings (SSSR count). The molecule has 2 heterocycles. The molecular formula is C14H14N4O2S2. The molecule has 0 saturated heterocycles. The summed E-state index contributed by atoms with van der Waals surface area (Å²) < 4.78 is 7.53. The van der Waals surface area contributed by atoms with Gasteiger partial charge in [0, 0.05) is 17.5 Å². The van der Waals surface area contributed by atoms with Crippen molar-refractivity contribution in [3.8, 4) is 11.4 Å². The van der Waals surface area contributed by atoms with E-state index in [1.165, 1.54) is 4.68 Å². The molecule has 0 spiro atoms. The second-order valence-electron chi connectivity index (χ2n) is 4.53. The SMILES string of the molecule is COc1ccc(-n2[nH]c(CSc3nnc(C)s3)cc2=O)cc1. The largest absolute Gasteiger partial charge is 0.497 e. The van der Waals surface area contributed by atoms with Crippen LogP contribution in [-0.4, -0.2) is 27.1 Å². The first kappa shape index (κ1) is 14.9. The summed E-state index contributed by atoms with van der Waals surface area (Å²) in [5.41, 5.74) is 1.53. The third-order valence-electron chi connectivity index (χ3n) is 2.96. The normalized spacial score (nSPS) is 10.8. The number of rotatable bonds is 5. The third-order valence-corrected chi connectivity index (χ3v) is 4.98. The first-order valence-corrected chi connectivity index (χ1v) is 8.34. The summed E-state index contributed by atoms with van der Waals surface area (Å²) in [5.74, 6) is 1.40. The molecule has 6 nitrogen and oxygen atoms in total. The summed E-state index contributed by atoms with van der Waals surface area (Å²) in [7, 11) is 1.61. The van der Waals surface area contributed by atoms with E-state index in [4.69, 9.17) is 4.74 Å². The van der Waals surface area contributed by atoms with Crippen molar-refractivity contribution in [2.45, 2.75) is 17.0 Å². The van der Waals surface area contributed by atoms with Gasteiger partial charge < -0.3 is 4.74 Å². The maximum Gasteiger partial charge on any atom is 0.271 e. The maximum absolute atomic E-state index is 12.1. The predicted octanol–water partition coefficient (Wildman–Crippen LogP) is 2.63. The van der Waals surface area contributed by atoms with Crippen LogP contribution >= 0.6 is 23.1 Å². The Bertz CT molecular complexity index is 820. The number of aryl methyl sites for hydroxylation is 1. The number of methoxy groups -OCH3 is 1. The number of nitrogens with zero attached hydrogens (tertiary/aromatic N) is 3. The Morgan fingerprint density at radius 2 is 2.09 bits per heavy atom.